The minimum atomic E-state index is -0.488. The molecule has 0 unspecified atom stereocenters. The summed E-state index contributed by atoms with van der Waals surface area (Å²) >= 11 is 0. The highest BCUT2D eigenvalue weighted by Crippen LogP contribution is 2.05. The van der Waals surface area contributed by atoms with Gasteiger partial charge in [0.05, 0.1) is 19.2 Å². The Morgan fingerprint density at radius 1 is 1.05 bits per heavy atom. The lowest BCUT2D eigenvalue weighted by molar-refractivity contribution is -0.0974. The van der Waals surface area contributed by atoms with Gasteiger partial charge < -0.3 is 19.5 Å². The number of hydrogen-bond donors (Lipinski definition) is 1. The van der Waals surface area contributed by atoms with Crippen molar-refractivity contribution in [3.8, 4) is 0 Å². The predicted molar refractivity (Wildman–Crippen MR) is 67.9 cm³/mol. The van der Waals surface area contributed by atoms with E-state index < -0.39 is 12.3 Å². The number of esters is 1. The summed E-state index contributed by atoms with van der Waals surface area (Å²) in [5.41, 5.74) is 0.837. The molecule has 1 aromatic rings. The van der Waals surface area contributed by atoms with Gasteiger partial charge in [0.25, 0.3) is 5.91 Å². The third kappa shape index (κ3) is 4.35. The summed E-state index contributed by atoms with van der Waals surface area (Å²) in [6.07, 6.45) is -0.488. The fraction of sp³-hybridized carbons (Fsp3) is 0.385. The van der Waals surface area contributed by atoms with Crippen LogP contribution < -0.4 is 5.32 Å². The van der Waals surface area contributed by atoms with Crippen LogP contribution in [0.5, 0.6) is 0 Å². The largest absolute Gasteiger partial charge is 0.465 e. The molecule has 0 aromatic heterocycles. The fourth-order valence-electron chi connectivity index (χ4n) is 1.42. The van der Waals surface area contributed by atoms with E-state index >= 15 is 0 Å². The van der Waals surface area contributed by atoms with Crippen molar-refractivity contribution in [1.82, 2.24) is 5.32 Å². The molecule has 1 aromatic carbocycles. The third-order valence-electron chi connectivity index (χ3n) is 2.52. The molecule has 0 aliphatic heterocycles. The molecule has 0 radical (unpaired) electrons. The van der Waals surface area contributed by atoms with Crippen molar-refractivity contribution in [2.45, 2.75) is 6.29 Å². The molecular formula is C13H17NO5. The summed E-state index contributed by atoms with van der Waals surface area (Å²) in [4.78, 5) is 23.0. The van der Waals surface area contributed by atoms with Crippen LogP contribution in [-0.4, -0.2) is 46.0 Å². The molecule has 0 fully saturated rings. The standard InChI is InChI=1S/C13H17NO5/c1-17-11(18-2)8-14-12(15)9-4-6-10(7-5-9)13(16)19-3/h4-7,11H,8H2,1-3H3,(H,14,15). The number of rotatable bonds is 6. The Bertz CT molecular complexity index is 425. The van der Waals surface area contributed by atoms with Gasteiger partial charge in [0.2, 0.25) is 0 Å². The van der Waals surface area contributed by atoms with Crippen molar-refractivity contribution in [3.63, 3.8) is 0 Å². The van der Waals surface area contributed by atoms with Crippen LogP contribution in [0.4, 0.5) is 0 Å². The fourth-order valence-corrected chi connectivity index (χ4v) is 1.42. The smallest absolute Gasteiger partial charge is 0.337 e. The second kappa shape index (κ2) is 7.50. The van der Waals surface area contributed by atoms with Gasteiger partial charge in [0.15, 0.2) is 6.29 Å². The lowest BCUT2D eigenvalue weighted by Gasteiger charge is -2.14. The highest BCUT2D eigenvalue weighted by molar-refractivity contribution is 5.96. The summed E-state index contributed by atoms with van der Waals surface area (Å²) in [7, 11) is 4.29. The first-order valence-corrected chi connectivity index (χ1v) is 5.64. The monoisotopic (exact) mass is 267 g/mol. The molecular weight excluding hydrogens is 250 g/mol. The first-order valence-electron chi connectivity index (χ1n) is 5.64. The SMILES string of the molecule is COC(=O)c1ccc(C(=O)NCC(OC)OC)cc1. The summed E-state index contributed by atoms with van der Waals surface area (Å²) in [6, 6.07) is 6.17. The Balaban J connectivity index is 2.60. The van der Waals surface area contributed by atoms with Gasteiger partial charge in [-0.2, -0.15) is 0 Å². The van der Waals surface area contributed by atoms with Crippen molar-refractivity contribution < 1.29 is 23.8 Å². The Kier molecular flexibility index (Phi) is 5.98. The van der Waals surface area contributed by atoms with E-state index in [2.05, 4.69) is 10.1 Å². The van der Waals surface area contributed by atoms with Crippen molar-refractivity contribution >= 4 is 11.9 Å². The number of methoxy groups -OCH3 is 3. The molecule has 6 nitrogen and oxygen atoms in total. The maximum absolute atomic E-state index is 11.8. The number of carbonyl (C=O) groups excluding carboxylic acids is 2. The summed E-state index contributed by atoms with van der Waals surface area (Å²) < 4.78 is 14.5. The average molecular weight is 267 g/mol. The van der Waals surface area contributed by atoms with Gasteiger partial charge in [-0.25, -0.2) is 4.79 Å². The van der Waals surface area contributed by atoms with Gasteiger partial charge in [-0.05, 0) is 24.3 Å². The number of ether oxygens (including phenoxy) is 3. The minimum Gasteiger partial charge on any atom is -0.465 e. The Morgan fingerprint density at radius 2 is 1.58 bits per heavy atom. The van der Waals surface area contributed by atoms with Crippen LogP contribution in [0.1, 0.15) is 20.7 Å². The van der Waals surface area contributed by atoms with E-state index in [4.69, 9.17) is 9.47 Å². The average Bonchev–Trinajstić information content (AvgIpc) is 2.47. The molecule has 0 saturated heterocycles. The zero-order valence-electron chi connectivity index (χ0n) is 11.1. The zero-order chi connectivity index (χ0) is 14.3. The van der Waals surface area contributed by atoms with Crippen LogP contribution in [0.25, 0.3) is 0 Å². The quantitative estimate of drug-likeness (QED) is 0.610. The number of benzene rings is 1. The second-order valence-electron chi connectivity index (χ2n) is 3.68. The molecule has 1 rings (SSSR count). The normalized spacial score (nSPS) is 10.3. The topological polar surface area (TPSA) is 73.9 Å². The summed E-state index contributed by atoms with van der Waals surface area (Å²) in [5, 5.41) is 2.66. The first-order chi connectivity index (χ1) is 9.12. The van der Waals surface area contributed by atoms with E-state index in [1.54, 1.807) is 12.1 Å². The number of nitrogens with one attached hydrogen (secondary N) is 1. The molecule has 0 spiro atoms. The van der Waals surface area contributed by atoms with Crippen LogP contribution in [-0.2, 0) is 14.2 Å². The number of hydrogen-bond acceptors (Lipinski definition) is 5. The third-order valence-corrected chi connectivity index (χ3v) is 2.52. The maximum atomic E-state index is 11.8. The Hall–Kier alpha value is -1.92. The zero-order valence-corrected chi connectivity index (χ0v) is 11.1. The van der Waals surface area contributed by atoms with Gasteiger partial charge >= 0.3 is 5.97 Å². The van der Waals surface area contributed by atoms with Crippen LogP contribution in [0.2, 0.25) is 0 Å². The van der Waals surface area contributed by atoms with E-state index in [9.17, 15) is 9.59 Å². The Labute approximate surface area is 111 Å². The molecule has 104 valence electrons. The van der Waals surface area contributed by atoms with Gasteiger partial charge in [-0.15, -0.1) is 0 Å². The van der Waals surface area contributed by atoms with E-state index in [1.165, 1.54) is 33.5 Å². The number of carbonyl (C=O) groups is 2. The maximum Gasteiger partial charge on any atom is 0.337 e. The molecule has 1 amide bonds. The molecule has 1 N–H and O–H groups in total. The van der Waals surface area contributed by atoms with Crippen LogP contribution >= 0.6 is 0 Å². The van der Waals surface area contributed by atoms with Crippen molar-refractivity contribution in [3.05, 3.63) is 35.4 Å². The van der Waals surface area contributed by atoms with Gasteiger partial charge in [0.1, 0.15) is 0 Å². The minimum absolute atomic E-state index is 0.241. The van der Waals surface area contributed by atoms with Crippen LogP contribution in [0.3, 0.4) is 0 Å². The Morgan fingerprint density at radius 3 is 2.05 bits per heavy atom. The van der Waals surface area contributed by atoms with Crippen LogP contribution in [0, 0.1) is 0 Å². The van der Waals surface area contributed by atoms with Gasteiger partial charge in [-0.3, -0.25) is 4.79 Å². The highest BCUT2D eigenvalue weighted by Gasteiger charge is 2.11. The first kappa shape index (κ1) is 15.1. The van der Waals surface area contributed by atoms with E-state index in [1.807, 2.05) is 0 Å². The van der Waals surface area contributed by atoms with Crippen LogP contribution in [0.15, 0.2) is 24.3 Å². The molecule has 19 heavy (non-hydrogen) atoms. The van der Waals surface area contributed by atoms with E-state index in [0.29, 0.717) is 11.1 Å². The highest BCUT2D eigenvalue weighted by atomic mass is 16.7. The number of amides is 1. The lowest BCUT2D eigenvalue weighted by atomic mass is 10.1. The lowest BCUT2D eigenvalue weighted by Crippen LogP contribution is -2.34. The molecule has 0 heterocycles. The molecule has 0 bridgehead atoms. The van der Waals surface area contributed by atoms with Gasteiger partial charge in [0, 0.05) is 19.8 Å². The van der Waals surface area contributed by atoms with Gasteiger partial charge in [-0.1, -0.05) is 0 Å². The molecule has 6 heteroatoms. The molecule has 0 aliphatic carbocycles. The van der Waals surface area contributed by atoms with Crippen molar-refractivity contribution in [2.75, 3.05) is 27.9 Å². The van der Waals surface area contributed by atoms with E-state index in [0.717, 1.165) is 0 Å². The van der Waals surface area contributed by atoms with Crippen molar-refractivity contribution in [2.24, 2.45) is 0 Å². The predicted octanol–water partition coefficient (Wildman–Crippen LogP) is 0.822. The second-order valence-corrected chi connectivity index (χ2v) is 3.68. The molecule has 0 atom stereocenters. The molecule has 0 aliphatic rings. The van der Waals surface area contributed by atoms with E-state index in [-0.39, 0.29) is 12.5 Å². The van der Waals surface area contributed by atoms with Crippen molar-refractivity contribution in [1.29, 1.82) is 0 Å². The summed E-state index contributed by atoms with van der Waals surface area (Å²) in [6.45, 7) is 0.241. The molecule has 0 saturated carbocycles. The summed E-state index contributed by atoms with van der Waals surface area (Å²) in [5.74, 6) is -0.707.